The molecule has 0 amide bonds. The summed E-state index contributed by atoms with van der Waals surface area (Å²) >= 11 is 3.49. The average Bonchev–Trinajstić information content (AvgIpc) is 2.04. The number of hydrogen-bond acceptors (Lipinski definition) is 0. The third-order valence-electron chi connectivity index (χ3n) is 1.75. The molecule has 1 heteroatoms. The topological polar surface area (TPSA) is 0 Å². The number of allylic oxidation sites excluding steroid dienone is 1. The summed E-state index contributed by atoms with van der Waals surface area (Å²) in [6, 6.07) is 8.22. The first-order valence-electron chi connectivity index (χ1n) is 3.62. The average molecular weight is 211 g/mol. The van der Waals surface area contributed by atoms with Crippen molar-refractivity contribution in [2.75, 3.05) is 0 Å². The molecular weight excluding hydrogens is 200 g/mol. The van der Waals surface area contributed by atoms with Gasteiger partial charge in [0.25, 0.3) is 0 Å². The fourth-order valence-corrected chi connectivity index (χ4v) is 1.62. The minimum Gasteiger partial charge on any atom is -0.102 e. The van der Waals surface area contributed by atoms with Crippen molar-refractivity contribution in [3.05, 3.63) is 47.0 Å². The second-order valence-corrected chi connectivity index (χ2v) is 3.40. The molecule has 0 aliphatic rings. The van der Waals surface area contributed by atoms with Crippen molar-refractivity contribution in [1.29, 1.82) is 0 Å². The monoisotopic (exact) mass is 210 g/mol. The molecule has 0 unspecified atom stereocenters. The van der Waals surface area contributed by atoms with Gasteiger partial charge in [-0.05, 0) is 17.5 Å². The normalized spacial score (nSPS) is 12.5. The van der Waals surface area contributed by atoms with Crippen molar-refractivity contribution in [3.8, 4) is 0 Å². The Morgan fingerprint density at radius 2 is 2.09 bits per heavy atom. The van der Waals surface area contributed by atoms with E-state index in [1.54, 1.807) is 0 Å². The highest BCUT2D eigenvalue weighted by molar-refractivity contribution is 9.10. The fourth-order valence-electron chi connectivity index (χ4n) is 0.971. The van der Waals surface area contributed by atoms with Crippen molar-refractivity contribution in [3.63, 3.8) is 0 Å². The van der Waals surface area contributed by atoms with Gasteiger partial charge in [-0.1, -0.05) is 47.1 Å². The lowest BCUT2D eigenvalue weighted by atomic mass is 10.0. The summed E-state index contributed by atoms with van der Waals surface area (Å²) in [5.74, 6) is 0.422. The molecule has 11 heavy (non-hydrogen) atoms. The molecule has 0 saturated heterocycles. The second kappa shape index (κ2) is 3.72. The van der Waals surface area contributed by atoms with Crippen LogP contribution in [0.2, 0.25) is 0 Å². The van der Waals surface area contributed by atoms with Crippen LogP contribution in [-0.4, -0.2) is 0 Å². The van der Waals surface area contributed by atoms with Gasteiger partial charge in [-0.3, -0.25) is 0 Å². The van der Waals surface area contributed by atoms with Crippen molar-refractivity contribution >= 4 is 15.9 Å². The van der Waals surface area contributed by atoms with Gasteiger partial charge in [0, 0.05) is 4.47 Å². The van der Waals surface area contributed by atoms with E-state index >= 15 is 0 Å². The van der Waals surface area contributed by atoms with Crippen LogP contribution in [-0.2, 0) is 0 Å². The van der Waals surface area contributed by atoms with Gasteiger partial charge in [-0.25, -0.2) is 0 Å². The van der Waals surface area contributed by atoms with E-state index in [1.165, 1.54) is 5.56 Å². The molecular formula is C10H11Br. The smallest absolute Gasteiger partial charge is 0.0213 e. The van der Waals surface area contributed by atoms with Crippen LogP contribution in [0.3, 0.4) is 0 Å². The molecule has 0 spiro atoms. The lowest BCUT2D eigenvalue weighted by Crippen LogP contribution is -1.88. The maximum atomic E-state index is 3.76. The fraction of sp³-hybridized carbons (Fsp3) is 0.200. The molecule has 0 aliphatic carbocycles. The number of hydrogen-bond donors (Lipinski definition) is 0. The first-order valence-corrected chi connectivity index (χ1v) is 4.42. The van der Waals surface area contributed by atoms with Crippen LogP contribution in [0.5, 0.6) is 0 Å². The largest absolute Gasteiger partial charge is 0.102 e. The first kappa shape index (κ1) is 8.54. The van der Waals surface area contributed by atoms with Crippen molar-refractivity contribution in [2.24, 2.45) is 0 Å². The molecule has 0 heterocycles. The molecule has 0 N–H and O–H groups in total. The minimum atomic E-state index is 0.422. The summed E-state index contributed by atoms with van der Waals surface area (Å²) in [6.45, 7) is 5.89. The van der Waals surface area contributed by atoms with Crippen LogP contribution in [0, 0.1) is 0 Å². The maximum Gasteiger partial charge on any atom is 0.0213 e. The SMILES string of the molecule is C=C[C@H](C)c1ccccc1Br. The van der Waals surface area contributed by atoms with Crippen LogP contribution in [0.1, 0.15) is 18.4 Å². The van der Waals surface area contributed by atoms with Crippen LogP contribution in [0.15, 0.2) is 41.4 Å². The zero-order valence-electron chi connectivity index (χ0n) is 6.55. The molecule has 0 aromatic heterocycles. The lowest BCUT2D eigenvalue weighted by Gasteiger charge is -2.07. The summed E-state index contributed by atoms with van der Waals surface area (Å²) in [7, 11) is 0. The summed E-state index contributed by atoms with van der Waals surface area (Å²) < 4.78 is 1.16. The van der Waals surface area contributed by atoms with Gasteiger partial charge in [-0.15, -0.1) is 6.58 Å². The Morgan fingerprint density at radius 3 is 2.64 bits per heavy atom. The Hall–Kier alpha value is -0.560. The van der Waals surface area contributed by atoms with E-state index in [4.69, 9.17) is 0 Å². The van der Waals surface area contributed by atoms with Gasteiger partial charge >= 0.3 is 0 Å². The van der Waals surface area contributed by atoms with E-state index in [0.29, 0.717) is 5.92 Å². The summed E-state index contributed by atoms with van der Waals surface area (Å²) in [5.41, 5.74) is 1.29. The molecule has 58 valence electrons. The molecule has 0 aliphatic heterocycles. The Bertz CT molecular complexity index is 253. The number of halogens is 1. The van der Waals surface area contributed by atoms with E-state index in [-0.39, 0.29) is 0 Å². The Kier molecular flexibility index (Phi) is 2.89. The van der Waals surface area contributed by atoms with Crippen molar-refractivity contribution < 1.29 is 0 Å². The standard InChI is InChI=1S/C10H11Br/c1-3-8(2)9-6-4-5-7-10(9)11/h3-8H,1H2,2H3/t8-/m0/s1. The van der Waals surface area contributed by atoms with Crippen LogP contribution in [0.25, 0.3) is 0 Å². The van der Waals surface area contributed by atoms with Crippen LogP contribution >= 0.6 is 15.9 Å². The molecule has 0 nitrogen and oxygen atoms in total. The molecule has 1 aromatic carbocycles. The van der Waals surface area contributed by atoms with Gasteiger partial charge < -0.3 is 0 Å². The molecule has 0 saturated carbocycles. The van der Waals surface area contributed by atoms with Gasteiger partial charge in [0.1, 0.15) is 0 Å². The molecule has 1 rings (SSSR count). The maximum absolute atomic E-state index is 3.76. The van der Waals surface area contributed by atoms with E-state index in [9.17, 15) is 0 Å². The second-order valence-electron chi connectivity index (χ2n) is 2.55. The predicted octanol–water partition coefficient (Wildman–Crippen LogP) is 3.74. The van der Waals surface area contributed by atoms with Crippen molar-refractivity contribution in [1.82, 2.24) is 0 Å². The first-order chi connectivity index (χ1) is 5.25. The number of rotatable bonds is 2. The predicted molar refractivity (Wildman–Crippen MR) is 52.8 cm³/mol. The summed E-state index contributed by atoms with van der Waals surface area (Å²) in [5, 5.41) is 0. The van der Waals surface area contributed by atoms with E-state index in [2.05, 4.69) is 41.6 Å². The highest BCUT2D eigenvalue weighted by atomic mass is 79.9. The van der Waals surface area contributed by atoms with E-state index in [0.717, 1.165) is 4.47 Å². The van der Waals surface area contributed by atoms with Gasteiger partial charge in [0.05, 0.1) is 0 Å². The minimum absolute atomic E-state index is 0.422. The van der Waals surface area contributed by atoms with E-state index in [1.807, 2.05) is 18.2 Å². The molecule has 1 atom stereocenters. The van der Waals surface area contributed by atoms with Gasteiger partial charge in [0.15, 0.2) is 0 Å². The Balaban J connectivity index is 3.02. The zero-order chi connectivity index (χ0) is 8.27. The molecule has 0 fully saturated rings. The Labute approximate surface area is 76.1 Å². The Morgan fingerprint density at radius 1 is 1.45 bits per heavy atom. The van der Waals surface area contributed by atoms with Crippen LogP contribution < -0.4 is 0 Å². The molecule has 0 radical (unpaired) electrons. The van der Waals surface area contributed by atoms with Crippen molar-refractivity contribution in [2.45, 2.75) is 12.8 Å². The third-order valence-corrected chi connectivity index (χ3v) is 2.47. The highest BCUT2D eigenvalue weighted by Gasteiger charge is 2.02. The van der Waals surface area contributed by atoms with Gasteiger partial charge in [0.2, 0.25) is 0 Å². The molecule has 0 bridgehead atoms. The van der Waals surface area contributed by atoms with E-state index < -0.39 is 0 Å². The van der Waals surface area contributed by atoms with Crippen LogP contribution in [0.4, 0.5) is 0 Å². The third kappa shape index (κ3) is 1.93. The summed E-state index contributed by atoms with van der Waals surface area (Å²) in [4.78, 5) is 0. The highest BCUT2D eigenvalue weighted by Crippen LogP contribution is 2.24. The quantitative estimate of drug-likeness (QED) is 0.653. The molecule has 1 aromatic rings. The lowest BCUT2D eigenvalue weighted by molar-refractivity contribution is 0.963. The van der Waals surface area contributed by atoms with Gasteiger partial charge in [-0.2, -0.15) is 0 Å². The zero-order valence-corrected chi connectivity index (χ0v) is 8.14. The summed E-state index contributed by atoms with van der Waals surface area (Å²) in [6.07, 6.45) is 1.94. The number of benzene rings is 1.